The molecule has 140 valence electrons. The molecule has 1 aromatic carbocycles. The molecule has 1 aliphatic rings. The Morgan fingerprint density at radius 3 is 2.50 bits per heavy atom. The minimum Gasteiger partial charge on any atom is -0.386 e. The Hall–Kier alpha value is -2.41. The fraction of sp³-hybridized carbons (Fsp3) is 0.526. The maximum Gasteiger partial charge on any atom is 0.317 e. The predicted octanol–water partition coefficient (Wildman–Crippen LogP) is 2.69. The number of aryl methyl sites for hydroxylation is 1. The summed E-state index contributed by atoms with van der Waals surface area (Å²) in [5.74, 6) is 1.56. The van der Waals surface area contributed by atoms with Crippen LogP contribution in [-0.4, -0.2) is 39.3 Å². The van der Waals surface area contributed by atoms with Crippen molar-refractivity contribution in [3.8, 4) is 0 Å². The van der Waals surface area contributed by atoms with Gasteiger partial charge in [-0.05, 0) is 44.7 Å². The lowest BCUT2D eigenvalue weighted by Gasteiger charge is -2.30. The average molecular weight is 358 g/mol. The molecule has 0 saturated carbocycles. The van der Waals surface area contributed by atoms with Gasteiger partial charge in [0, 0.05) is 25.6 Å². The van der Waals surface area contributed by atoms with Crippen LogP contribution in [0.1, 0.15) is 55.4 Å². The van der Waals surface area contributed by atoms with Gasteiger partial charge in [-0.1, -0.05) is 29.4 Å². The van der Waals surface area contributed by atoms with Gasteiger partial charge in [0.05, 0.1) is 5.60 Å². The Bertz CT molecular complexity index is 741. The average Bonchev–Trinajstić information content (AvgIpc) is 3.06. The van der Waals surface area contributed by atoms with Crippen LogP contribution in [0.5, 0.6) is 0 Å². The molecule has 1 fully saturated rings. The molecule has 1 saturated heterocycles. The minimum atomic E-state index is -0.858. The van der Waals surface area contributed by atoms with Crippen molar-refractivity contribution in [2.24, 2.45) is 0 Å². The van der Waals surface area contributed by atoms with E-state index in [0.29, 0.717) is 31.3 Å². The number of aliphatic hydroxyl groups is 1. The van der Waals surface area contributed by atoms with Crippen molar-refractivity contribution in [2.45, 2.75) is 51.7 Å². The number of aromatic nitrogens is 2. The third-order valence-electron chi connectivity index (χ3n) is 4.78. The van der Waals surface area contributed by atoms with Crippen LogP contribution < -0.4 is 5.32 Å². The number of rotatable bonds is 4. The van der Waals surface area contributed by atoms with E-state index in [9.17, 15) is 9.90 Å². The summed E-state index contributed by atoms with van der Waals surface area (Å²) in [6.07, 6.45) is 1.66. The van der Waals surface area contributed by atoms with E-state index in [1.165, 1.54) is 0 Å². The van der Waals surface area contributed by atoms with Gasteiger partial charge in [-0.15, -0.1) is 0 Å². The van der Waals surface area contributed by atoms with E-state index in [0.717, 1.165) is 24.0 Å². The van der Waals surface area contributed by atoms with Crippen LogP contribution >= 0.6 is 0 Å². The number of carbonyl (C=O) groups excluding carboxylic acids is 1. The lowest BCUT2D eigenvalue weighted by molar-refractivity contribution is 0.0786. The highest BCUT2D eigenvalue weighted by molar-refractivity contribution is 5.74. The normalized spacial score (nSPS) is 15.9. The number of hydrogen-bond donors (Lipinski definition) is 2. The lowest BCUT2D eigenvalue weighted by atomic mass is 9.97. The van der Waals surface area contributed by atoms with Crippen molar-refractivity contribution in [3.63, 3.8) is 0 Å². The summed E-state index contributed by atoms with van der Waals surface area (Å²) in [5, 5.41) is 16.8. The van der Waals surface area contributed by atoms with Crippen molar-refractivity contribution >= 4 is 6.03 Å². The Labute approximate surface area is 153 Å². The van der Waals surface area contributed by atoms with Crippen molar-refractivity contribution in [1.82, 2.24) is 20.4 Å². The fourth-order valence-electron chi connectivity index (χ4n) is 3.13. The zero-order chi connectivity index (χ0) is 18.7. The first kappa shape index (κ1) is 18.4. The molecule has 2 N–H and O–H groups in total. The number of piperidine rings is 1. The zero-order valence-electron chi connectivity index (χ0n) is 15.5. The molecule has 26 heavy (non-hydrogen) atoms. The number of hydrogen-bond acceptors (Lipinski definition) is 5. The number of nitrogens with one attached hydrogen (secondary N) is 1. The topological polar surface area (TPSA) is 91.5 Å². The summed E-state index contributed by atoms with van der Waals surface area (Å²) in [4.78, 5) is 18.5. The molecule has 0 radical (unpaired) electrons. The smallest absolute Gasteiger partial charge is 0.317 e. The monoisotopic (exact) mass is 358 g/mol. The number of likely N-dealkylation sites (tertiary alicyclic amines) is 1. The predicted molar refractivity (Wildman–Crippen MR) is 96.5 cm³/mol. The van der Waals surface area contributed by atoms with E-state index in [2.05, 4.69) is 15.5 Å². The molecule has 1 aromatic heterocycles. The molecule has 7 heteroatoms. The first-order valence-electron chi connectivity index (χ1n) is 8.97. The van der Waals surface area contributed by atoms with Crippen LogP contribution in [0.2, 0.25) is 0 Å². The van der Waals surface area contributed by atoms with E-state index in [1.54, 1.807) is 13.8 Å². The van der Waals surface area contributed by atoms with Crippen LogP contribution in [0, 0.1) is 6.92 Å². The summed E-state index contributed by atoms with van der Waals surface area (Å²) in [6.45, 7) is 7.13. The zero-order valence-corrected chi connectivity index (χ0v) is 15.5. The third-order valence-corrected chi connectivity index (χ3v) is 4.78. The van der Waals surface area contributed by atoms with E-state index in [1.807, 2.05) is 36.1 Å². The van der Waals surface area contributed by atoms with E-state index in [4.69, 9.17) is 4.52 Å². The maximum absolute atomic E-state index is 12.4. The summed E-state index contributed by atoms with van der Waals surface area (Å²) >= 11 is 0. The minimum absolute atomic E-state index is 0.0586. The Morgan fingerprint density at radius 2 is 1.96 bits per heavy atom. The van der Waals surface area contributed by atoms with Gasteiger partial charge in [0.15, 0.2) is 5.82 Å². The van der Waals surface area contributed by atoms with Gasteiger partial charge in [0.1, 0.15) is 0 Å². The molecule has 7 nitrogen and oxygen atoms in total. The van der Waals surface area contributed by atoms with E-state index in [-0.39, 0.29) is 11.9 Å². The van der Waals surface area contributed by atoms with Gasteiger partial charge in [0.2, 0.25) is 5.89 Å². The molecule has 0 unspecified atom stereocenters. The highest BCUT2D eigenvalue weighted by Gasteiger charge is 2.27. The standard InChI is InChI=1S/C19H26N4O3/c1-13-21-17(26-22-13)15-8-10-23(11-9-15)18(24)20-12-14-4-6-16(7-5-14)19(2,3)25/h4-7,15,25H,8-12H2,1-3H3,(H,20,24). The van der Waals surface area contributed by atoms with Crippen LogP contribution in [-0.2, 0) is 12.1 Å². The number of carbonyl (C=O) groups is 1. The van der Waals surface area contributed by atoms with Gasteiger partial charge in [0.25, 0.3) is 0 Å². The maximum atomic E-state index is 12.4. The van der Waals surface area contributed by atoms with Crippen LogP contribution in [0.3, 0.4) is 0 Å². The van der Waals surface area contributed by atoms with Crippen LogP contribution in [0.4, 0.5) is 4.79 Å². The molecule has 0 atom stereocenters. The van der Waals surface area contributed by atoms with Crippen LogP contribution in [0.25, 0.3) is 0 Å². The molecular formula is C19H26N4O3. The van der Waals surface area contributed by atoms with E-state index < -0.39 is 5.60 Å². The molecule has 2 heterocycles. The SMILES string of the molecule is Cc1noc(C2CCN(C(=O)NCc3ccc(C(C)(C)O)cc3)CC2)n1. The second-order valence-corrected chi connectivity index (χ2v) is 7.36. The number of urea groups is 1. The van der Waals surface area contributed by atoms with Crippen molar-refractivity contribution < 1.29 is 14.4 Å². The molecule has 2 aromatic rings. The molecule has 3 rings (SSSR count). The molecular weight excluding hydrogens is 332 g/mol. The van der Waals surface area contributed by atoms with Crippen molar-refractivity contribution in [2.75, 3.05) is 13.1 Å². The van der Waals surface area contributed by atoms with Crippen LogP contribution in [0.15, 0.2) is 28.8 Å². The molecule has 0 bridgehead atoms. The third kappa shape index (κ3) is 4.40. The summed E-state index contributed by atoms with van der Waals surface area (Å²) in [6, 6.07) is 7.57. The fourth-order valence-corrected chi connectivity index (χ4v) is 3.13. The summed E-state index contributed by atoms with van der Waals surface area (Å²) < 4.78 is 5.24. The second-order valence-electron chi connectivity index (χ2n) is 7.36. The number of nitrogens with zero attached hydrogens (tertiary/aromatic N) is 3. The molecule has 1 aliphatic heterocycles. The first-order chi connectivity index (χ1) is 12.3. The first-order valence-corrected chi connectivity index (χ1v) is 8.97. The van der Waals surface area contributed by atoms with E-state index >= 15 is 0 Å². The number of amides is 2. The lowest BCUT2D eigenvalue weighted by Crippen LogP contribution is -2.43. The quantitative estimate of drug-likeness (QED) is 0.877. The Kier molecular flexibility index (Phi) is 5.27. The van der Waals surface area contributed by atoms with Crippen molar-refractivity contribution in [3.05, 3.63) is 47.1 Å². The van der Waals surface area contributed by atoms with Gasteiger partial charge in [-0.25, -0.2) is 4.79 Å². The van der Waals surface area contributed by atoms with Gasteiger partial charge >= 0.3 is 6.03 Å². The second kappa shape index (κ2) is 7.45. The van der Waals surface area contributed by atoms with Crippen molar-refractivity contribution in [1.29, 1.82) is 0 Å². The highest BCUT2D eigenvalue weighted by Crippen LogP contribution is 2.26. The summed E-state index contributed by atoms with van der Waals surface area (Å²) in [5.41, 5.74) is 0.997. The number of benzene rings is 1. The van der Waals surface area contributed by atoms with Gasteiger partial charge in [-0.3, -0.25) is 0 Å². The van der Waals surface area contributed by atoms with Gasteiger partial charge in [-0.2, -0.15) is 4.98 Å². The van der Waals surface area contributed by atoms with Gasteiger partial charge < -0.3 is 19.8 Å². The molecule has 2 amide bonds. The molecule has 0 aliphatic carbocycles. The largest absolute Gasteiger partial charge is 0.386 e. The molecule has 0 spiro atoms. The summed E-state index contributed by atoms with van der Waals surface area (Å²) in [7, 11) is 0. The Balaban J connectivity index is 1.47. The highest BCUT2D eigenvalue weighted by atomic mass is 16.5. The Morgan fingerprint density at radius 1 is 1.31 bits per heavy atom.